The van der Waals surface area contributed by atoms with Crippen molar-refractivity contribution in [2.24, 2.45) is 5.41 Å². The van der Waals surface area contributed by atoms with E-state index in [1.54, 1.807) is 0 Å². The summed E-state index contributed by atoms with van der Waals surface area (Å²) in [6, 6.07) is 7.32. The molecule has 6 heteroatoms. The first kappa shape index (κ1) is 23.9. The number of hydrogen-bond donors (Lipinski definition) is 1. The van der Waals surface area contributed by atoms with Gasteiger partial charge in [0.25, 0.3) is 0 Å². The van der Waals surface area contributed by atoms with Gasteiger partial charge >= 0.3 is 0 Å². The molecule has 1 aromatic rings. The van der Waals surface area contributed by atoms with E-state index in [0.717, 1.165) is 24.2 Å². The van der Waals surface area contributed by atoms with E-state index in [1.807, 2.05) is 38.1 Å². The van der Waals surface area contributed by atoms with Gasteiger partial charge in [-0.1, -0.05) is 46.2 Å². The lowest BCUT2D eigenvalue weighted by Gasteiger charge is -2.19. The van der Waals surface area contributed by atoms with Crippen molar-refractivity contribution in [3.05, 3.63) is 29.8 Å². The zero-order chi connectivity index (χ0) is 20.5. The quantitative estimate of drug-likeness (QED) is 0.518. The highest BCUT2D eigenvalue weighted by atomic mass is 32.2. The van der Waals surface area contributed by atoms with E-state index in [2.05, 4.69) is 32.4 Å². The smallest absolute Gasteiger partial charge is 0.212 e. The molecule has 0 fully saturated rings. The fourth-order valence-electron chi connectivity index (χ4n) is 2.68. The Labute approximate surface area is 165 Å². The van der Waals surface area contributed by atoms with Gasteiger partial charge < -0.3 is 9.47 Å². The van der Waals surface area contributed by atoms with Crippen molar-refractivity contribution in [2.75, 3.05) is 19.0 Å². The zero-order valence-electron chi connectivity index (χ0n) is 17.7. The van der Waals surface area contributed by atoms with Crippen molar-refractivity contribution < 1.29 is 17.9 Å². The molecule has 1 aromatic carbocycles. The van der Waals surface area contributed by atoms with Crippen LogP contribution in [0.3, 0.4) is 0 Å². The third kappa shape index (κ3) is 10.7. The largest absolute Gasteiger partial charge is 0.491 e. The molecule has 156 valence electrons. The average molecular weight is 400 g/mol. The van der Waals surface area contributed by atoms with Crippen molar-refractivity contribution in [1.29, 1.82) is 0 Å². The Morgan fingerprint density at radius 2 is 1.89 bits per heavy atom. The van der Waals surface area contributed by atoms with Gasteiger partial charge in [-0.3, -0.25) is 0 Å². The minimum Gasteiger partial charge on any atom is -0.491 e. The molecule has 27 heavy (non-hydrogen) atoms. The molecule has 5 nitrogen and oxygen atoms in total. The van der Waals surface area contributed by atoms with Crippen molar-refractivity contribution >= 4 is 10.0 Å². The molecule has 0 radical (unpaired) electrons. The highest BCUT2D eigenvalue weighted by Gasteiger charge is 2.17. The Balaban J connectivity index is 2.52. The van der Waals surface area contributed by atoms with E-state index in [9.17, 15) is 8.42 Å². The Bertz CT molecular complexity index is 652. The van der Waals surface area contributed by atoms with E-state index in [1.165, 1.54) is 0 Å². The Morgan fingerprint density at radius 3 is 2.52 bits per heavy atom. The maximum Gasteiger partial charge on any atom is 0.212 e. The molecular formula is C21H37NO4S. The molecule has 0 heterocycles. The molecule has 0 aliphatic carbocycles. The van der Waals surface area contributed by atoms with E-state index >= 15 is 0 Å². The lowest BCUT2D eigenvalue weighted by molar-refractivity contribution is 0.0720. The van der Waals surface area contributed by atoms with Crippen molar-refractivity contribution in [2.45, 2.75) is 73.0 Å². The highest BCUT2D eigenvalue weighted by molar-refractivity contribution is 7.89. The molecule has 0 saturated heterocycles. The van der Waals surface area contributed by atoms with Gasteiger partial charge in [-0.15, -0.1) is 0 Å². The third-order valence-corrected chi connectivity index (χ3v) is 5.52. The second-order valence-electron chi connectivity index (χ2n) is 8.41. The summed E-state index contributed by atoms with van der Waals surface area (Å²) in [5, 5.41) is 0. The first-order valence-corrected chi connectivity index (χ1v) is 11.5. The standard InChI is InChI=1S/C21H37NO4S/c1-7-10-17(2)26-20-12-8-11-19(15-20)18(3)22-27(23,24)14-9-13-25-16-21(4,5)6/h8,11-12,15,17-18,22H,7,9-10,13-14,16H2,1-6H3/t17-,18+/m0/s1. The van der Waals surface area contributed by atoms with Crippen LogP contribution in [0.15, 0.2) is 24.3 Å². The molecule has 1 rings (SSSR count). The van der Waals surface area contributed by atoms with Crippen LogP contribution in [0.5, 0.6) is 5.75 Å². The summed E-state index contributed by atoms with van der Waals surface area (Å²) in [5.74, 6) is 0.834. The summed E-state index contributed by atoms with van der Waals surface area (Å²) in [5.41, 5.74) is 0.983. The van der Waals surface area contributed by atoms with Crippen LogP contribution >= 0.6 is 0 Å². The molecule has 0 aliphatic rings. The average Bonchev–Trinajstić information content (AvgIpc) is 2.53. The van der Waals surface area contributed by atoms with Crippen LogP contribution < -0.4 is 9.46 Å². The lowest BCUT2D eigenvalue weighted by atomic mass is 9.99. The second kappa shape index (κ2) is 11.0. The van der Waals surface area contributed by atoms with Crippen LogP contribution in [0.1, 0.15) is 72.4 Å². The molecule has 0 bridgehead atoms. The summed E-state index contributed by atoms with van der Waals surface area (Å²) >= 11 is 0. The summed E-state index contributed by atoms with van der Waals surface area (Å²) < 4.78 is 38.8. The lowest BCUT2D eigenvalue weighted by Crippen LogP contribution is -2.29. The van der Waals surface area contributed by atoms with Crippen LogP contribution in [0, 0.1) is 5.41 Å². The second-order valence-corrected chi connectivity index (χ2v) is 10.3. The van der Waals surface area contributed by atoms with Gasteiger partial charge in [0.15, 0.2) is 0 Å². The predicted molar refractivity (Wildman–Crippen MR) is 112 cm³/mol. The molecule has 0 saturated carbocycles. The van der Waals surface area contributed by atoms with Crippen LogP contribution in [0.2, 0.25) is 0 Å². The number of benzene rings is 1. The predicted octanol–water partition coefficient (Wildman–Crippen LogP) is 4.69. The van der Waals surface area contributed by atoms with Crippen molar-refractivity contribution in [3.63, 3.8) is 0 Å². The summed E-state index contributed by atoms with van der Waals surface area (Å²) in [6.45, 7) is 13.4. The van der Waals surface area contributed by atoms with Gasteiger partial charge in [-0.05, 0) is 49.8 Å². The fraction of sp³-hybridized carbons (Fsp3) is 0.714. The number of hydrogen-bond acceptors (Lipinski definition) is 4. The minimum atomic E-state index is -3.36. The van der Waals surface area contributed by atoms with Gasteiger partial charge in [0.1, 0.15) is 5.75 Å². The van der Waals surface area contributed by atoms with Gasteiger partial charge in [0.2, 0.25) is 10.0 Å². The van der Waals surface area contributed by atoms with Gasteiger partial charge in [0, 0.05) is 12.6 Å². The molecular weight excluding hydrogens is 362 g/mol. The Hall–Kier alpha value is -1.11. The molecule has 0 spiro atoms. The van der Waals surface area contributed by atoms with E-state index < -0.39 is 10.0 Å². The summed E-state index contributed by atoms with van der Waals surface area (Å²) in [4.78, 5) is 0. The first-order valence-electron chi connectivity index (χ1n) is 9.87. The van der Waals surface area contributed by atoms with Gasteiger partial charge in [-0.25, -0.2) is 13.1 Å². The zero-order valence-corrected chi connectivity index (χ0v) is 18.6. The summed E-state index contributed by atoms with van der Waals surface area (Å²) in [7, 11) is -3.36. The van der Waals surface area contributed by atoms with Crippen LogP contribution in [-0.2, 0) is 14.8 Å². The van der Waals surface area contributed by atoms with Gasteiger partial charge in [0.05, 0.1) is 18.5 Å². The molecule has 2 atom stereocenters. The molecule has 0 aliphatic heterocycles. The molecule has 0 unspecified atom stereocenters. The van der Waals surface area contributed by atoms with E-state index in [4.69, 9.17) is 9.47 Å². The van der Waals surface area contributed by atoms with Crippen LogP contribution in [-0.4, -0.2) is 33.5 Å². The Kier molecular flexibility index (Phi) is 9.77. The highest BCUT2D eigenvalue weighted by Crippen LogP contribution is 2.21. The van der Waals surface area contributed by atoms with E-state index in [-0.39, 0.29) is 23.3 Å². The molecule has 0 amide bonds. The van der Waals surface area contributed by atoms with Crippen molar-refractivity contribution in [3.8, 4) is 5.75 Å². The first-order chi connectivity index (χ1) is 12.5. The van der Waals surface area contributed by atoms with Gasteiger partial charge in [-0.2, -0.15) is 0 Å². The van der Waals surface area contributed by atoms with Crippen molar-refractivity contribution in [1.82, 2.24) is 4.72 Å². The number of rotatable bonds is 12. The maximum atomic E-state index is 12.3. The topological polar surface area (TPSA) is 64.6 Å². The SMILES string of the molecule is CCC[C@H](C)Oc1cccc([C@@H](C)NS(=O)(=O)CCCOCC(C)(C)C)c1. The third-order valence-electron chi connectivity index (χ3n) is 3.98. The summed E-state index contributed by atoms with van der Waals surface area (Å²) in [6.07, 6.45) is 2.68. The molecule has 0 aromatic heterocycles. The fourth-order valence-corrected chi connectivity index (χ4v) is 3.97. The Morgan fingerprint density at radius 1 is 1.19 bits per heavy atom. The van der Waals surface area contributed by atoms with E-state index in [0.29, 0.717) is 19.6 Å². The normalized spacial score (nSPS) is 14.7. The number of sulfonamides is 1. The number of nitrogens with one attached hydrogen (secondary N) is 1. The van der Waals surface area contributed by atoms with Crippen LogP contribution in [0.4, 0.5) is 0 Å². The van der Waals surface area contributed by atoms with Crippen LogP contribution in [0.25, 0.3) is 0 Å². The maximum absolute atomic E-state index is 12.3. The monoisotopic (exact) mass is 399 g/mol. The molecule has 1 N–H and O–H groups in total. The number of ether oxygens (including phenoxy) is 2. The minimum absolute atomic E-state index is 0.0607.